The molecule has 0 aliphatic carbocycles. The van der Waals surface area contributed by atoms with Gasteiger partial charge in [-0.2, -0.15) is 0 Å². The van der Waals surface area contributed by atoms with Crippen LogP contribution in [0.25, 0.3) is 0 Å². The van der Waals surface area contributed by atoms with Gasteiger partial charge >= 0.3 is 0 Å². The number of hydrogen-bond donors (Lipinski definition) is 1. The maximum absolute atomic E-state index is 8.96. The van der Waals surface area contributed by atoms with Crippen molar-refractivity contribution in [1.29, 1.82) is 0 Å². The molecule has 1 aliphatic heterocycles. The highest BCUT2D eigenvalue weighted by atomic mass is 16.4. The maximum Gasteiger partial charge on any atom is 0.129 e. The van der Waals surface area contributed by atoms with Gasteiger partial charge in [0, 0.05) is 25.2 Å². The van der Waals surface area contributed by atoms with Gasteiger partial charge in [0.2, 0.25) is 0 Å². The van der Waals surface area contributed by atoms with Gasteiger partial charge in [0.25, 0.3) is 0 Å². The third-order valence-corrected chi connectivity index (χ3v) is 3.65. The van der Waals surface area contributed by atoms with Crippen molar-refractivity contribution in [3.8, 4) is 0 Å². The first-order valence-electron chi connectivity index (χ1n) is 6.13. The van der Waals surface area contributed by atoms with Gasteiger partial charge in [0.05, 0.1) is 6.54 Å². The zero-order chi connectivity index (χ0) is 12.5. The molecule has 0 radical (unpaired) electrons. The summed E-state index contributed by atoms with van der Waals surface area (Å²) in [5.41, 5.74) is 0.213. The van der Waals surface area contributed by atoms with Crippen molar-refractivity contribution in [2.75, 3.05) is 26.7 Å². The van der Waals surface area contributed by atoms with Gasteiger partial charge in [-0.05, 0) is 33.0 Å². The highest BCUT2D eigenvalue weighted by Gasteiger charge is 2.31. The summed E-state index contributed by atoms with van der Waals surface area (Å²) in [6, 6.07) is 3.80. The molecule has 96 valence electrons. The van der Waals surface area contributed by atoms with E-state index in [0.29, 0.717) is 5.76 Å². The lowest BCUT2D eigenvalue weighted by Crippen LogP contribution is -2.57. The molecule has 1 saturated heterocycles. The first-order chi connectivity index (χ1) is 8.01. The van der Waals surface area contributed by atoms with Crippen molar-refractivity contribution in [3.63, 3.8) is 0 Å². The Balaban J connectivity index is 1.96. The lowest BCUT2D eigenvalue weighted by Gasteiger charge is -2.45. The zero-order valence-electron chi connectivity index (χ0n) is 10.9. The predicted octanol–water partition coefficient (Wildman–Crippen LogP) is 1.30. The average Bonchev–Trinajstić information content (AvgIpc) is 2.71. The molecule has 2 heterocycles. The first kappa shape index (κ1) is 12.6. The van der Waals surface area contributed by atoms with E-state index in [-0.39, 0.29) is 12.1 Å². The Morgan fingerprint density at radius 3 is 2.59 bits per heavy atom. The molecule has 1 aliphatic rings. The van der Waals surface area contributed by atoms with Crippen LogP contribution in [0.5, 0.6) is 0 Å². The Morgan fingerprint density at radius 1 is 1.29 bits per heavy atom. The second-order valence-electron chi connectivity index (χ2n) is 5.47. The fraction of sp³-hybridized carbons (Fsp3) is 0.692. The molecule has 1 aromatic rings. The maximum atomic E-state index is 8.96. The highest BCUT2D eigenvalue weighted by molar-refractivity contribution is 5.06. The molecule has 1 fully saturated rings. The Hall–Kier alpha value is -0.840. The van der Waals surface area contributed by atoms with Gasteiger partial charge in [-0.1, -0.05) is 0 Å². The van der Waals surface area contributed by atoms with Crippen LogP contribution in [0.4, 0.5) is 0 Å². The molecule has 0 amide bonds. The van der Waals surface area contributed by atoms with Crippen molar-refractivity contribution in [1.82, 2.24) is 9.80 Å². The van der Waals surface area contributed by atoms with E-state index in [1.165, 1.54) is 0 Å². The topological polar surface area (TPSA) is 39.9 Å². The summed E-state index contributed by atoms with van der Waals surface area (Å²) in [7, 11) is 2.17. The zero-order valence-corrected chi connectivity index (χ0v) is 10.9. The number of aliphatic hydroxyl groups excluding tert-OH is 1. The smallest absolute Gasteiger partial charge is 0.129 e. The largest absolute Gasteiger partial charge is 0.462 e. The molecular formula is C13H22N2O2. The number of likely N-dealkylation sites (N-methyl/N-ethyl adjacent to an activating group) is 1. The third kappa shape index (κ3) is 2.89. The van der Waals surface area contributed by atoms with E-state index >= 15 is 0 Å². The molecule has 1 aromatic heterocycles. The minimum absolute atomic E-state index is 0.0196. The minimum atomic E-state index is -0.0196. The van der Waals surface area contributed by atoms with Crippen molar-refractivity contribution < 1.29 is 9.52 Å². The number of piperazine rings is 1. The monoisotopic (exact) mass is 238 g/mol. The first-order valence-corrected chi connectivity index (χ1v) is 6.13. The summed E-state index contributed by atoms with van der Waals surface area (Å²) in [4.78, 5) is 4.80. The van der Waals surface area contributed by atoms with Gasteiger partial charge in [-0.3, -0.25) is 9.80 Å². The van der Waals surface area contributed by atoms with E-state index in [0.717, 1.165) is 31.9 Å². The molecular weight excluding hydrogens is 216 g/mol. The van der Waals surface area contributed by atoms with Gasteiger partial charge in [0.15, 0.2) is 0 Å². The Kier molecular flexibility index (Phi) is 3.56. The molecule has 2 rings (SSSR count). The summed E-state index contributed by atoms with van der Waals surface area (Å²) in [6.07, 6.45) is 0. The highest BCUT2D eigenvalue weighted by Crippen LogP contribution is 2.21. The third-order valence-electron chi connectivity index (χ3n) is 3.65. The second-order valence-corrected chi connectivity index (χ2v) is 5.47. The van der Waals surface area contributed by atoms with Crippen molar-refractivity contribution in [2.24, 2.45) is 0 Å². The summed E-state index contributed by atoms with van der Waals surface area (Å²) in [5.74, 6) is 1.59. The fourth-order valence-electron chi connectivity index (χ4n) is 2.29. The quantitative estimate of drug-likeness (QED) is 0.861. The van der Waals surface area contributed by atoms with E-state index in [1.807, 2.05) is 12.1 Å². The molecule has 0 saturated carbocycles. The molecule has 0 bridgehead atoms. The van der Waals surface area contributed by atoms with Crippen LogP contribution in [-0.2, 0) is 13.2 Å². The van der Waals surface area contributed by atoms with Crippen LogP contribution in [-0.4, -0.2) is 47.1 Å². The SMILES string of the molecule is CN1CCN(Cc2ccc(CO)o2)CC1(C)C. The second kappa shape index (κ2) is 4.80. The van der Waals surface area contributed by atoms with Gasteiger partial charge in [-0.25, -0.2) is 0 Å². The van der Waals surface area contributed by atoms with Gasteiger partial charge in [0.1, 0.15) is 18.1 Å². The van der Waals surface area contributed by atoms with Crippen LogP contribution in [0.2, 0.25) is 0 Å². The Bertz CT molecular complexity index is 373. The van der Waals surface area contributed by atoms with Crippen molar-refractivity contribution >= 4 is 0 Å². The van der Waals surface area contributed by atoms with Crippen LogP contribution in [0.15, 0.2) is 16.5 Å². The summed E-state index contributed by atoms with van der Waals surface area (Å²) >= 11 is 0. The van der Waals surface area contributed by atoms with Crippen LogP contribution in [0.3, 0.4) is 0 Å². The average molecular weight is 238 g/mol. The summed E-state index contributed by atoms with van der Waals surface area (Å²) in [5, 5.41) is 8.96. The van der Waals surface area contributed by atoms with Crippen molar-refractivity contribution in [2.45, 2.75) is 32.5 Å². The lowest BCUT2D eigenvalue weighted by atomic mass is 10.00. The molecule has 1 N–H and O–H groups in total. The molecule has 4 nitrogen and oxygen atoms in total. The van der Waals surface area contributed by atoms with Gasteiger partial charge < -0.3 is 9.52 Å². The Labute approximate surface area is 103 Å². The van der Waals surface area contributed by atoms with Crippen LogP contribution in [0.1, 0.15) is 25.4 Å². The van der Waals surface area contributed by atoms with E-state index in [1.54, 1.807) is 0 Å². The van der Waals surface area contributed by atoms with Crippen molar-refractivity contribution in [3.05, 3.63) is 23.7 Å². The van der Waals surface area contributed by atoms with E-state index in [4.69, 9.17) is 9.52 Å². The minimum Gasteiger partial charge on any atom is -0.462 e. The lowest BCUT2D eigenvalue weighted by molar-refractivity contribution is 0.0324. The number of aliphatic hydroxyl groups is 1. The van der Waals surface area contributed by atoms with Crippen LogP contribution >= 0.6 is 0 Å². The molecule has 0 unspecified atom stereocenters. The fourth-order valence-corrected chi connectivity index (χ4v) is 2.29. The molecule has 0 spiro atoms. The summed E-state index contributed by atoms with van der Waals surface area (Å²) in [6.45, 7) is 8.53. The molecule has 17 heavy (non-hydrogen) atoms. The Morgan fingerprint density at radius 2 is 2.00 bits per heavy atom. The summed E-state index contributed by atoms with van der Waals surface area (Å²) < 4.78 is 5.53. The normalized spacial score (nSPS) is 21.9. The van der Waals surface area contributed by atoms with Crippen LogP contribution in [0, 0.1) is 0 Å². The van der Waals surface area contributed by atoms with E-state index < -0.39 is 0 Å². The van der Waals surface area contributed by atoms with E-state index in [9.17, 15) is 0 Å². The molecule has 0 atom stereocenters. The molecule has 4 heteroatoms. The number of hydrogen-bond acceptors (Lipinski definition) is 4. The number of furan rings is 1. The number of rotatable bonds is 3. The molecule has 0 aromatic carbocycles. The van der Waals surface area contributed by atoms with E-state index in [2.05, 4.69) is 30.7 Å². The number of nitrogens with zero attached hydrogens (tertiary/aromatic N) is 2. The standard InChI is InChI=1S/C13H22N2O2/c1-13(2)10-15(7-6-14(13)3)8-11-4-5-12(9-16)17-11/h4-5,16H,6-10H2,1-3H3. The van der Waals surface area contributed by atoms with Gasteiger partial charge in [-0.15, -0.1) is 0 Å². The van der Waals surface area contributed by atoms with Crippen LogP contribution < -0.4 is 0 Å². The predicted molar refractivity (Wildman–Crippen MR) is 66.6 cm³/mol.